The van der Waals surface area contributed by atoms with Crippen LogP contribution in [-0.2, 0) is 0 Å². The largest absolute Gasteiger partial charge is 0.320 e. The van der Waals surface area contributed by atoms with Crippen molar-refractivity contribution in [3.63, 3.8) is 0 Å². The highest BCUT2D eigenvalue weighted by molar-refractivity contribution is 7.12. The Kier molecular flexibility index (Phi) is 4.90. The molecule has 0 aliphatic heterocycles. The third kappa shape index (κ3) is 3.92. The predicted octanol–water partition coefficient (Wildman–Crippen LogP) is 4.70. The van der Waals surface area contributed by atoms with Gasteiger partial charge in [0.1, 0.15) is 5.82 Å². The van der Waals surface area contributed by atoms with Gasteiger partial charge in [0.05, 0.1) is 21.8 Å². The van der Waals surface area contributed by atoms with Gasteiger partial charge in [-0.3, -0.25) is 9.59 Å². The van der Waals surface area contributed by atoms with Crippen LogP contribution in [0.25, 0.3) is 0 Å². The lowest BCUT2D eigenvalue weighted by atomic mass is 10.1. The molecule has 0 saturated heterocycles. The maximum absolute atomic E-state index is 13.8. The van der Waals surface area contributed by atoms with Gasteiger partial charge >= 0.3 is 0 Å². The van der Waals surface area contributed by atoms with Gasteiger partial charge in [0.15, 0.2) is 0 Å². The van der Waals surface area contributed by atoms with Crippen LogP contribution in [0.1, 0.15) is 25.6 Å². The fourth-order valence-electron chi connectivity index (χ4n) is 2.30. The Hall–Kier alpha value is -2.99. The first-order valence-corrected chi connectivity index (χ1v) is 8.44. The minimum atomic E-state index is -0.600. The monoisotopic (exact) mass is 354 g/mol. The topological polar surface area (TPSA) is 58.2 Å². The highest BCUT2D eigenvalue weighted by Crippen LogP contribution is 2.25. The molecule has 2 aromatic carbocycles. The van der Waals surface area contributed by atoms with E-state index >= 15 is 0 Å². The van der Waals surface area contributed by atoms with Crippen LogP contribution in [0.4, 0.5) is 15.8 Å². The van der Waals surface area contributed by atoms with Crippen LogP contribution in [-0.4, -0.2) is 11.8 Å². The van der Waals surface area contributed by atoms with Crippen molar-refractivity contribution >= 4 is 34.5 Å². The molecule has 0 fully saturated rings. The van der Waals surface area contributed by atoms with Crippen molar-refractivity contribution in [3.05, 3.63) is 81.8 Å². The number of benzene rings is 2. The van der Waals surface area contributed by atoms with Crippen LogP contribution in [0.3, 0.4) is 0 Å². The number of rotatable bonds is 4. The molecule has 0 radical (unpaired) electrons. The number of hydrogen-bond donors (Lipinski definition) is 2. The van der Waals surface area contributed by atoms with Crippen molar-refractivity contribution in [2.24, 2.45) is 0 Å². The molecule has 0 spiro atoms. The fraction of sp³-hybridized carbons (Fsp3) is 0.0526. The Bertz CT molecular complexity index is 923. The predicted molar refractivity (Wildman–Crippen MR) is 97.8 cm³/mol. The number of aryl methyl sites for hydroxylation is 1. The summed E-state index contributed by atoms with van der Waals surface area (Å²) in [5.74, 6) is -1.44. The van der Waals surface area contributed by atoms with E-state index in [1.807, 2.05) is 18.4 Å². The van der Waals surface area contributed by atoms with Crippen molar-refractivity contribution in [1.82, 2.24) is 0 Å². The first kappa shape index (κ1) is 16.9. The summed E-state index contributed by atoms with van der Waals surface area (Å²) in [5.41, 5.74) is 1.71. The second-order valence-electron chi connectivity index (χ2n) is 5.41. The highest BCUT2D eigenvalue weighted by Gasteiger charge is 2.15. The number of nitrogens with one attached hydrogen (secondary N) is 2. The molecule has 0 saturated carbocycles. The van der Waals surface area contributed by atoms with Crippen molar-refractivity contribution in [1.29, 1.82) is 0 Å². The zero-order valence-electron chi connectivity index (χ0n) is 13.4. The number of thiophene rings is 1. The van der Waals surface area contributed by atoms with E-state index in [9.17, 15) is 14.0 Å². The molecule has 3 rings (SSSR count). The van der Waals surface area contributed by atoms with Gasteiger partial charge in [-0.1, -0.05) is 24.3 Å². The van der Waals surface area contributed by atoms with Gasteiger partial charge in [0.25, 0.3) is 11.8 Å². The maximum Gasteiger partial charge on any atom is 0.265 e. The second kappa shape index (κ2) is 7.27. The molecule has 4 nitrogen and oxygen atoms in total. The summed E-state index contributed by atoms with van der Waals surface area (Å²) in [7, 11) is 0. The lowest BCUT2D eigenvalue weighted by molar-refractivity contribution is 0.101. The summed E-state index contributed by atoms with van der Waals surface area (Å²) in [6, 6.07) is 14.5. The molecule has 0 aliphatic rings. The van der Waals surface area contributed by atoms with Gasteiger partial charge in [-0.05, 0) is 48.2 Å². The van der Waals surface area contributed by atoms with Crippen LogP contribution in [0, 0.1) is 12.7 Å². The van der Waals surface area contributed by atoms with E-state index < -0.39 is 11.7 Å². The molecular formula is C19H15FN2O2S. The van der Waals surface area contributed by atoms with Gasteiger partial charge in [-0.2, -0.15) is 0 Å². The fourth-order valence-corrected chi connectivity index (χ4v) is 2.92. The molecule has 0 aliphatic carbocycles. The zero-order chi connectivity index (χ0) is 17.8. The van der Waals surface area contributed by atoms with E-state index in [0.29, 0.717) is 16.3 Å². The number of amides is 2. The minimum absolute atomic E-state index is 0.0560. The Balaban J connectivity index is 1.86. The molecule has 6 heteroatoms. The van der Waals surface area contributed by atoms with Crippen LogP contribution in [0.2, 0.25) is 0 Å². The lowest BCUT2D eigenvalue weighted by Gasteiger charge is -2.13. The summed E-state index contributed by atoms with van der Waals surface area (Å²) in [6.45, 7) is 1.86. The standard InChI is InChI=1S/C19H15FN2O2S/c1-12-8-9-15(21-19(24)17-7-4-10-25-17)16(11-12)22-18(23)13-5-2-3-6-14(13)20/h2-11H,1H3,(H,21,24)(H,22,23). The second-order valence-corrected chi connectivity index (χ2v) is 6.36. The quantitative estimate of drug-likeness (QED) is 0.713. The summed E-state index contributed by atoms with van der Waals surface area (Å²) in [4.78, 5) is 25.2. The first-order chi connectivity index (χ1) is 12.0. The van der Waals surface area contributed by atoms with Crippen LogP contribution in [0.5, 0.6) is 0 Å². The number of carbonyl (C=O) groups excluding carboxylic acids is 2. The Morgan fingerprint density at radius 3 is 2.40 bits per heavy atom. The molecule has 2 amide bonds. The third-order valence-corrected chi connectivity index (χ3v) is 4.40. The number of anilines is 2. The summed E-state index contributed by atoms with van der Waals surface area (Å²) < 4.78 is 13.8. The zero-order valence-corrected chi connectivity index (χ0v) is 14.2. The summed E-state index contributed by atoms with van der Waals surface area (Å²) in [5, 5.41) is 7.25. The maximum atomic E-state index is 13.8. The molecule has 25 heavy (non-hydrogen) atoms. The molecular weight excluding hydrogens is 339 g/mol. The number of hydrogen-bond acceptors (Lipinski definition) is 3. The first-order valence-electron chi connectivity index (χ1n) is 7.56. The molecule has 0 unspecified atom stereocenters. The highest BCUT2D eigenvalue weighted by atomic mass is 32.1. The van der Waals surface area contributed by atoms with Crippen molar-refractivity contribution in [3.8, 4) is 0 Å². The van der Waals surface area contributed by atoms with E-state index in [4.69, 9.17) is 0 Å². The number of halogens is 1. The molecule has 0 atom stereocenters. The van der Waals surface area contributed by atoms with E-state index in [0.717, 1.165) is 5.56 Å². The third-order valence-electron chi connectivity index (χ3n) is 3.53. The normalized spacial score (nSPS) is 10.3. The average molecular weight is 354 g/mol. The van der Waals surface area contributed by atoms with Crippen LogP contribution in [0.15, 0.2) is 60.0 Å². The smallest absolute Gasteiger partial charge is 0.265 e. The van der Waals surface area contributed by atoms with Crippen LogP contribution < -0.4 is 10.6 Å². The van der Waals surface area contributed by atoms with E-state index in [1.54, 1.807) is 30.3 Å². The van der Waals surface area contributed by atoms with Gasteiger partial charge in [0.2, 0.25) is 0 Å². The Morgan fingerprint density at radius 2 is 1.68 bits per heavy atom. The SMILES string of the molecule is Cc1ccc(NC(=O)c2cccs2)c(NC(=O)c2ccccc2F)c1. The molecule has 1 aromatic heterocycles. The van der Waals surface area contributed by atoms with Crippen molar-refractivity contribution in [2.75, 3.05) is 10.6 Å². The summed E-state index contributed by atoms with van der Waals surface area (Å²) >= 11 is 1.32. The van der Waals surface area contributed by atoms with Crippen molar-refractivity contribution in [2.45, 2.75) is 6.92 Å². The minimum Gasteiger partial charge on any atom is -0.320 e. The Morgan fingerprint density at radius 1 is 0.920 bits per heavy atom. The Labute approximate surface area is 148 Å². The number of carbonyl (C=O) groups is 2. The van der Waals surface area contributed by atoms with E-state index in [-0.39, 0.29) is 11.5 Å². The molecule has 1 heterocycles. The molecule has 126 valence electrons. The van der Waals surface area contributed by atoms with E-state index in [1.165, 1.54) is 29.5 Å². The van der Waals surface area contributed by atoms with Gasteiger partial charge in [-0.15, -0.1) is 11.3 Å². The van der Waals surface area contributed by atoms with Gasteiger partial charge in [0, 0.05) is 0 Å². The summed E-state index contributed by atoms with van der Waals surface area (Å²) in [6.07, 6.45) is 0. The lowest BCUT2D eigenvalue weighted by Crippen LogP contribution is -2.17. The van der Waals surface area contributed by atoms with Gasteiger partial charge in [-0.25, -0.2) is 4.39 Å². The average Bonchev–Trinajstić information content (AvgIpc) is 3.12. The van der Waals surface area contributed by atoms with E-state index in [2.05, 4.69) is 10.6 Å². The van der Waals surface area contributed by atoms with Crippen molar-refractivity contribution < 1.29 is 14.0 Å². The molecule has 2 N–H and O–H groups in total. The molecule has 3 aromatic rings. The van der Waals surface area contributed by atoms with Crippen LogP contribution >= 0.6 is 11.3 Å². The van der Waals surface area contributed by atoms with Gasteiger partial charge < -0.3 is 10.6 Å². The molecule has 0 bridgehead atoms.